The van der Waals surface area contributed by atoms with Crippen molar-refractivity contribution in [1.82, 2.24) is 14.4 Å². The Morgan fingerprint density at radius 1 is 1.30 bits per heavy atom. The van der Waals surface area contributed by atoms with Gasteiger partial charge in [-0.05, 0) is 26.2 Å². The van der Waals surface area contributed by atoms with E-state index >= 15 is 0 Å². The highest BCUT2D eigenvalue weighted by molar-refractivity contribution is 7.90. The van der Waals surface area contributed by atoms with E-state index in [1.165, 1.54) is 0 Å². The number of fused-ring (bicyclic) bond motifs is 1. The lowest BCUT2D eigenvalue weighted by Crippen LogP contribution is -2.33. The molecule has 1 aromatic rings. The topological polar surface area (TPSA) is 85.5 Å². The molecule has 1 aliphatic carbocycles. The molecule has 3 aliphatic rings. The minimum atomic E-state index is -3.08. The molecule has 7 nitrogen and oxygen atoms in total. The van der Waals surface area contributed by atoms with Crippen LogP contribution in [0.5, 0.6) is 0 Å². The average molecular weight is 299 g/mol. The van der Waals surface area contributed by atoms with Gasteiger partial charge >= 0.3 is 0 Å². The third-order valence-corrected chi connectivity index (χ3v) is 6.66. The third-order valence-electron chi connectivity index (χ3n) is 4.33. The molecule has 0 N–H and O–H groups in total. The van der Waals surface area contributed by atoms with Crippen LogP contribution in [0.25, 0.3) is 0 Å². The van der Waals surface area contributed by atoms with Crippen LogP contribution in [0.15, 0.2) is 4.52 Å². The summed E-state index contributed by atoms with van der Waals surface area (Å²) < 4.78 is 37.1. The van der Waals surface area contributed by atoms with E-state index in [9.17, 15) is 8.42 Å². The van der Waals surface area contributed by atoms with E-state index in [-0.39, 0.29) is 23.4 Å². The molecule has 0 unspecified atom stereocenters. The van der Waals surface area contributed by atoms with Gasteiger partial charge in [0.2, 0.25) is 10.0 Å². The SMILES string of the molecule is Cc1noc([C@@H]2C[C@@H]3CN(S(=O)(=O)C4CC4)C[C@@H]3O2)n1. The largest absolute Gasteiger partial charge is 0.363 e. The number of rotatable bonds is 3. The molecule has 3 fully saturated rings. The van der Waals surface area contributed by atoms with Crippen molar-refractivity contribution in [2.75, 3.05) is 13.1 Å². The van der Waals surface area contributed by atoms with Gasteiger partial charge in [-0.15, -0.1) is 0 Å². The van der Waals surface area contributed by atoms with E-state index in [2.05, 4.69) is 10.1 Å². The monoisotopic (exact) mass is 299 g/mol. The molecule has 1 saturated carbocycles. The number of aryl methyl sites for hydroxylation is 1. The van der Waals surface area contributed by atoms with Gasteiger partial charge < -0.3 is 9.26 Å². The van der Waals surface area contributed by atoms with Crippen LogP contribution in [0.1, 0.15) is 37.1 Å². The van der Waals surface area contributed by atoms with Gasteiger partial charge in [0.25, 0.3) is 5.89 Å². The van der Waals surface area contributed by atoms with E-state index in [1.54, 1.807) is 11.2 Å². The zero-order valence-corrected chi connectivity index (χ0v) is 12.0. The summed E-state index contributed by atoms with van der Waals surface area (Å²) in [7, 11) is -3.08. The van der Waals surface area contributed by atoms with Gasteiger partial charge in [0, 0.05) is 19.0 Å². The molecule has 2 aliphatic heterocycles. The van der Waals surface area contributed by atoms with E-state index in [0.717, 1.165) is 19.3 Å². The summed E-state index contributed by atoms with van der Waals surface area (Å²) in [4.78, 5) is 4.19. The molecule has 3 atom stereocenters. The Bertz CT molecular complexity index is 610. The van der Waals surface area contributed by atoms with Crippen LogP contribution in [0.4, 0.5) is 0 Å². The molecule has 3 heterocycles. The average Bonchev–Trinajstić information content (AvgIpc) is 2.86. The standard InChI is InChI=1S/C12H17N3O4S/c1-7-13-12(19-14-7)10-4-8-5-15(6-11(8)18-10)20(16,17)9-2-3-9/h8-11H,2-6H2,1H3/t8-,10+,11+/m1/s1. The third kappa shape index (κ3) is 1.97. The lowest BCUT2D eigenvalue weighted by Gasteiger charge is -2.17. The molecule has 1 aromatic heterocycles. The number of aromatic nitrogens is 2. The molecule has 8 heteroatoms. The summed E-state index contributed by atoms with van der Waals surface area (Å²) in [6.07, 6.45) is 2.14. The molecule has 0 spiro atoms. The van der Waals surface area contributed by atoms with Crippen molar-refractivity contribution in [3.63, 3.8) is 0 Å². The highest BCUT2D eigenvalue weighted by Gasteiger charge is 2.50. The Hall–Kier alpha value is -0.990. The minimum absolute atomic E-state index is 0.0410. The lowest BCUT2D eigenvalue weighted by molar-refractivity contribution is 0.0251. The fourth-order valence-corrected chi connectivity index (χ4v) is 5.02. The fraction of sp³-hybridized carbons (Fsp3) is 0.833. The van der Waals surface area contributed by atoms with Gasteiger partial charge in [-0.2, -0.15) is 9.29 Å². The first-order chi connectivity index (χ1) is 9.54. The maximum absolute atomic E-state index is 12.2. The Morgan fingerprint density at radius 2 is 2.10 bits per heavy atom. The van der Waals surface area contributed by atoms with Gasteiger partial charge in [-0.25, -0.2) is 8.42 Å². The molecule has 20 heavy (non-hydrogen) atoms. The molecule has 2 saturated heterocycles. The zero-order chi connectivity index (χ0) is 13.9. The molecule has 110 valence electrons. The minimum Gasteiger partial charge on any atom is -0.363 e. The van der Waals surface area contributed by atoms with Gasteiger partial charge in [0.05, 0.1) is 11.4 Å². The first-order valence-corrected chi connectivity index (χ1v) is 8.49. The van der Waals surface area contributed by atoms with Crippen molar-refractivity contribution < 1.29 is 17.7 Å². The second-order valence-electron chi connectivity index (χ2n) is 5.90. The van der Waals surface area contributed by atoms with Crippen LogP contribution in [0, 0.1) is 12.8 Å². The Kier molecular flexibility index (Phi) is 2.71. The molecule has 0 bridgehead atoms. The van der Waals surface area contributed by atoms with Crippen LogP contribution >= 0.6 is 0 Å². The first-order valence-electron chi connectivity index (χ1n) is 6.98. The van der Waals surface area contributed by atoms with Crippen LogP contribution < -0.4 is 0 Å². The number of sulfonamides is 1. The quantitative estimate of drug-likeness (QED) is 0.814. The summed E-state index contributed by atoms with van der Waals surface area (Å²) in [5.41, 5.74) is 0. The predicted molar refractivity (Wildman–Crippen MR) is 68.3 cm³/mol. The maximum atomic E-state index is 12.2. The van der Waals surface area contributed by atoms with E-state index < -0.39 is 10.0 Å². The molecule has 0 radical (unpaired) electrons. The van der Waals surface area contributed by atoms with Crippen molar-refractivity contribution in [3.05, 3.63) is 11.7 Å². The summed E-state index contributed by atoms with van der Waals surface area (Å²) >= 11 is 0. The van der Waals surface area contributed by atoms with E-state index in [4.69, 9.17) is 9.26 Å². The molecular formula is C12H17N3O4S. The second-order valence-corrected chi connectivity index (χ2v) is 8.11. The van der Waals surface area contributed by atoms with Crippen LogP contribution in [-0.4, -0.2) is 47.3 Å². The lowest BCUT2D eigenvalue weighted by atomic mass is 10.0. The smallest absolute Gasteiger partial charge is 0.255 e. The molecule has 0 amide bonds. The van der Waals surface area contributed by atoms with Crippen molar-refractivity contribution in [3.8, 4) is 0 Å². The maximum Gasteiger partial charge on any atom is 0.255 e. The Balaban J connectivity index is 1.45. The fourth-order valence-electron chi connectivity index (χ4n) is 3.11. The summed E-state index contributed by atoms with van der Waals surface area (Å²) in [5.74, 6) is 1.34. The number of nitrogens with zero attached hydrogens (tertiary/aromatic N) is 3. The van der Waals surface area contributed by atoms with Gasteiger partial charge in [-0.3, -0.25) is 0 Å². The number of hydrogen-bond acceptors (Lipinski definition) is 6. The van der Waals surface area contributed by atoms with Crippen LogP contribution in [-0.2, 0) is 14.8 Å². The van der Waals surface area contributed by atoms with E-state index in [0.29, 0.717) is 24.8 Å². The van der Waals surface area contributed by atoms with Crippen molar-refractivity contribution in [2.24, 2.45) is 5.92 Å². The van der Waals surface area contributed by atoms with E-state index in [1.807, 2.05) is 0 Å². The van der Waals surface area contributed by atoms with Crippen molar-refractivity contribution in [1.29, 1.82) is 0 Å². The first kappa shape index (κ1) is 12.7. The molecule has 0 aromatic carbocycles. The normalized spacial score (nSPS) is 34.5. The molecule has 4 rings (SSSR count). The predicted octanol–water partition coefficient (Wildman–Crippen LogP) is 0.632. The summed E-state index contributed by atoms with van der Waals surface area (Å²) in [6.45, 7) is 2.80. The Morgan fingerprint density at radius 3 is 2.70 bits per heavy atom. The van der Waals surface area contributed by atoms with Crippen LogP contribution in [0.2, 0.25) is 0 Å². The highest BCUT2D eigenvalue weighted by atomic mass is 32.2. The van der Waals surface area contributed by atoms with Crippen molar-refractivity contribution in [2.45, 2.75) is 43.6 Å². The summed E-state index contributed by atoms with van der Waals surface area (Å²) in [6, 6.07) is 0. The second kappa shape index (κ2) is 4.25. The number of hydrogen-bond donors (Lipinski definition) is 0. The van der Waals surface area contributed by atoms with Gasteiger partial charge in [0.15, 0.2) is 5.82 Å². The molecular weight excluding hydrogens is 282 g/mol. The summed E-state index contributed by atoms with van der Waals surface area (Å²) in [5, 5.41) is 3.63. The van der Waals surface area contributed by atoms with Crippen molar-refractivity contribution >= 4 is 10.0 Å². The van der Waals surface area contributed by atoms with Gasteiger partial charge in [-0.1, -0.05) is 5.16 Å². The van der Waals surface area contributed by atoms with Gasteiger partial charge in [0.1, 0.15) is 6.10 Å². The zero-order valence-electron chi connectivity index (χ0n) is 11.2. The highest BCUT2D eigenvalue weighted by Crippen LogP contribution is 2.43. The van der Waals surface area contributed by atoms with Crippen LogP contribution in [0.3, 0.4) is 0 Å². The Labute approximate surface area is 117 Å². The number of ether oxygens (including phenoxy) is 1.